The van der Waals surface area contributed by atoms with Gasteiger partial charge in [-0.2, -0.15) is 0 Å². The number of ether oxygens (including phenoxy) is 1. The zero-order valence-electron chi connectivity index (χ0n) is 18.9. The molecule has 0 spiro atoms. The van der Waals surface area contributed by atoms with Gasteiger partial charge in [-0.1, -0.05) is 30.0 Å². The fourth-order valence-electron chi connectivity index (χ4n) is 3.98. The van der Waals surface area contributed by atoms with Crippen LogP contribution in [-0.2, 0) is 21.2 Å². The van der Waals surface area contributed by atoms with E-state index in [0.29, 0.717) is 34.3 Å². The Morgan fingerprint density at radius 3 is 2.74 bits per heavy atom. The molecule has 0 fully saturated rings. The molecule has 0 bridgehead atoms. The minimum Gasteiger partial charge on any atom is -0.497 e. The Kier molecular flexibility index (Phi) is 6.40. The van der Waals surface area contributed by atoms with Crippen molar-refractivity contribution in [3.05, 3.63) is 72.3 Å². The molecule has 1 aliphatic heterocycles. The van der Waals surface area contributed by atoms with E-state index < -0.39 is 10.0 Å². The van der Waals surface area contributed by atoms with Gasteiger partial charge < -0.3 is 14.1 Å². The van der Waals surface area contributed by atoms with Crippen molar-refractivity contribution >= 4 is 50.2 Å². The number of anilines is 2. The van der Waals surface area contributed by atoms with E-state index in [1.807, 2.05) is 23.1 Å². The van der Waals surface area contributed by atoms with E-state index in [9.17, 15) is 13.2 Å². The number of aromatic nitrogens is 1. The van der Waals surface area contributed by atoms with Gasteiger partial charge in [0, 0.05) is 17.9 Å². The third-order valence-electron chi connectivity index (χ3n) is 5.72. The molecule has 5 rings (SSSR count). The molecule has 3 aromatic carbocycles. The molecule has 0 unspecified atom stereocenters. The maximum atomic E-state index is 12.9. The Morgan fingerprint density at radius 2 is 1.94 bits per heavy atom. The predicted molar refractivity (Wildman–Crippen MR) is 136 cm³/mol. The minimum absolute atomic E-state index is 0.0173. The van der Waals surface area contributed by atoms with Crippen molar-refractivity contribution in [3.8, 4) is 5.75 Å². The smallest absolute Gasteiger partial charge is 0.261 e. The molecule has 0 radical (unpaired) electrons. The average molecular weight is 510 g/mol. The third kappa shape index (κ3) is 4.98. The van der Waals surface area contributed by atoms with Gasteiger partial charge in [0.2, 0.25) is 5.91 Å². The maximum Gasteiger partial charge on any atom is 0.261 e. The maximum absolute atomic E-state index is 12.9. The molecule has 1 aromatic heterocycles. The summed E-state index contributed by atoms with van der Waals surface area (Å²) < 4.78 is 39.1. The second kappa shape index (κ2) is 9.63. The lowest BCUT2D eigenvalue weighted by Gasteiger charge is -2.29. The number of para-hydroxylation sites is 1. The summed E-state index contributed by atoms with van der Waals surface area (Å²) in [7, 11) is -2.28. The normalized spacial score (nSPS) is 13.5. The first kappa shape index (κ1) is 23.3. The van der Waals surface area contributed by atoms with Crippen molar-refractivity contribution in [1.82, 2.24) is 4.98 Å². The number of thioether (sulfide) groups is 1. The Balaban J connectivity index is 1.28. The predicted octanol–water partition coefficient (Wildman–Crippen LogP) is 4.71. The van der Waals surface area contributed by atoms with Crippen molar-refractivity contribution in [1.29, 1.82) is 0 Å². The second-order valence-electron chi connectivity index (χ2n) is 8.01. The van der Waals surface area contributed by atoms with Gasteiger partial charge in [-0.25, -0.2) is 13.4 Å². The quantitative estimate of drug-likeness (QED) is 0.360. The lowest BCUT2D eigenvalue weighted by atomic mass is 10.0. The highest BCUT2D eigenvalue weighted by molar-refractivity contribution is 7.99. The van der Waals surface area contributed by atoms with Gasteiger partial charge in [0.05, 0.1) is 17.8 Å². The number of hydrogen-bond donors (Lipinski definition) is 1. The molecule has 1 amide bonds. The lowest BCUT2D eigenvalue weighted by Crippen LogP contribution is -2.36. The average Bonchev–Trinajstić information content (AvgIpc) is 3.29. The fourth-order valence-corrected chi connectivity index (χ4v) is 5.77. The monoisotopic (exact) mass is 509 g/mol. The number of oxazole rings is 1. The molecule has 2 heterocycles. The van der Waals surface area contributed by atoms with Crippen LogP contribution in [0, 0.1) is 0 Å². The van der Waals surface area contributed by atoms with Crippen LogP contribution in [0.3, 0.4) is 0 Å². The van der Waals surface area contributed by atoms with E-state index in [2.05, 4.69) is 15.8 Å². The Labute approximate surface area is 207 Å². The Morgan fingerprint density at radius 1 is 1.14 bits per heavy atom. The number of carbonyl (C=O) groups is 1. The van der Waals surface area contributed by atoms with Gasteiger partial charge in [0.15, 0.2) is 5.58 Å². The highest BCUT2D eigenvalue weighted by Gasteiger charge is 2.23. The zero-order chi connectivity index (χ0) is 24.4. The van der Waals surface area contributed by atoms with Crippen LogP contribution in [0.2, 0.25) is 0 Å². The number of benzene rings is 3. The number of nitrogens with one attached hydrogen (secondary N) is 1. The molecule has 0 saturated heterocycles. The summed E-state index contributed by atoms with van der Waals surface area (Å²) >= 11 is 1.20. The van der Waals surface area contributed by atoms with E-state index in [4.69, 9.17) is 9.15 Å². The molecule has 0 atom stereocenters. The molecule has 0 aliphatic carbocycles. The van der Waals surface area contributed by atoms with E-state index in [0.717, 1.165) is 18.5 Å². The Hall–Kier alpha value is -3.50. The summed E-state index contributed by atoms with van der Waals surface area (Å²) in [6.45, 7) is 0.687. The van der Waals surface area contributed by atoms with Crippen molar-refractivity contribution in [3.63, 3.8) is 0 Å². The summed E-state index contributed by atoms with van der Waals surface area (Å²) in [5.41, 5.74) is 3.41. The lowest BCUT2D eigenvalue weighted by molar-refractivity contribution is -0.116. The molecular weight excluding hydrogens is 486 g/mol. The summed E-state index contributed by atoms with van der Waals surface area (Å²) in [6, 6.07) is 19.0. The van der Waals surface area contributed by atoms with Crippen LogP contribution < -0.4 is 14.4 Å². The van der Waals surface area contributed by atoms with Crippen LogP contribution in [0.25, 0.3) is 11.1 Å². The van der Waals surface area contributed by atoms with Crippen LogP contribution >= 0.6 is 11.8 Å². The van der Waals surface area contributed by atoms with Crippen molar-refractivity contribution in [2.24, 2.45) is 0 Å². The van der Waals surface area contributed by atoms with Crippen molar-refractivity contribution < 1.29 is 22.4 Å². The highest BCUT2D eigenvalue weighted by atomic mass is 32.2. The Bertz CT molecular complexity index is 1480. The number of hydrogen-bond acceptors (Lipinski definition) is 7. The first-order chi connectivity index (χ1) is 16.9. The molecule has 180 valence electrons. The first-order valence-electron chi connectivity index (χ1n) is 11.0. The van der Waals surface area contributed by atoms with Gasteiger partial charge in [-0.15, -0.1) is 0 Å². The molecule has 35 heavy (non-hydrogen) atoms. The summed E-state index contributed by atoms with van der Waals surface area (Å²) in [5.74, 6) is 0.784. The number of carbonyl (C=O) groups excluding carboxylic acids is 1. The highest BCUT2D eigenvalue weighted by Crippen LogP contribution is 2.30. The van der Waals surface area contributed by atoms with Gasteiger partial charge in [-0.05, 0) is 66.9 Å². The second-order valence-corrected chi connectivity index (χ2v) is 10.6. The van der Waals surface area contributed by atoms with Crippen LogP contribution in [0.1, 0.15) is 12.0 Å². The number of rotatable bonds is 7. The van der Waals surface area contributed by atoms with E-state index >= 15 is 0 Å². The minimum atomic E-state index is -3.82. The molecule has 10 heteroatoms. The third-order valence-corrected chi connectivity index (χ3v) is 7.91. The summed E-state index contributed by atoms with van der Waals surface area (Å²) in [6.07, 6.45) is 1.90. The molecular formula is C25H23N3O5S2. The fraction of sp³-hybridized carbons (Fsp3) is 0.200. The number of sulfonamides is 1. The number of nitrogens with zero attached hydrogens (tertiary/aromatic N) is 2. The van der Waals surface area contributed by atoms with Crippen molar-refractivity contribution in [2.75, 3.05) is 29.0 Å². The van der Waals surface area contributed by atoms with Gasteiger partial charge in [0.1, 0.15) is 11.3 Å². The van der Waals surface area contributed by atoms with Gasteiger partial charge in [0.25, 0.3) is 15.2 Å². The van der Waals surface area contributed by atoms with Crippen LogP contribution in [0.15, 0.2) is 81.3 Å². The zero-order valence-corrected chi connectivity index (χ0v) is 20.6. The van der Waals surface area contributed by atoms with Crippen LogP contribution in [0.5, 0.6) is 5.75 Å². The van der Waals surface area contributed by atoms with Crippen molar-refractivity contribution in [2.45, 2.75) is 23.0 Å². The topological polar surface area (TPSA) is 102 Å². The first-order valence-corrected chi connectivity index (χ1v) is 13.5. The largest absolute Gasteiger partial charge is 0.497 e. The number of amides is 1. The number of methoxy groups -OCH3 is 1. The van der Waals surface area contributed by atoms with E-state index in [1.165, 1.54) is 29.5 Å². The number of fused-ring (bicyclic) bond motifs is 2. The van der Waals surface area contributed by atoms with Gasteiger partial charge >= 0.3 is 0 Å². The molecule has 1 N–H and O–H groups in total. The molecule has 8 nitrogen and oxygen atoms in total. The molecule has 1 aliphatic rings. The number of aryl methyl sites for hydroxylation is 1. The standard InChI is InChI=1S/C25H23N3O5S2/c1-32-19-10-8-18(9-11-19)27-35(30,31)20-12-13-23-21(15-20)26-25(33-23)34-16-24(29)28-14-4-6-17-5-2-3-7-22(17)28/h2-3,5,7-13,15,27H,4,6,14,16H2,1H3. The van der Waals surface area contributed by atoms with E-state index in [-0.39, 0.29) is 16.6 Å². The summed E-state index contributed by atoms with van der Waals surface area (Å²) in [5, 5.41) is 0.316. The molecule has 0 saturated carbocycles. The van der Waals surface area contributed by atoms with Crippen LogP contribution in [-0.4, -0.2) is 38.7 Å². The summed E-state index contributed by atoms with van der Waals surface area (Å²) in [4.78, 5) is 19.2. The SMILES string of the molecule is COc1ccc(NS(=O)(=O)c2ccc3oc(SCC(=O)N4CCCc5ccccc54)nc3c2)cc1. The molecule has 4 aromatic rings. The van der Waals surface area contributed by atoms with Gasteiger partial charge in [-0.3, -0.25) is 9.52 Å². The van der Waals surface area contributed by atoms with E-state index in [1.54, 1.807) is 37.4 Å². The van der Waals surface area contributed by atoms with Crippen LogP contribution in [0.4, 0.5) is 11.4 Å².